The Morgan fingerprint density at radius 1 is 1.92 bits per heavy atom. The molecule has 1 rings (SSSR count). The number of carbonyl (C=O) groups excluding carboxylic acids is 1. The molecule has 0 fully saturated rings. The fourth-order valence-corrected chi connectivity index (χ4v) is 1.38. The van der Waals surface area contributed by atoms with Gasteiger partial charge in [0.25, 0.3) is 5.91 Å². The van der Waals surface area contributed by atoms with Crippen molar-refractivity contribution in [1.82, 2.24) is 15.2 Å². The SMILES string of the molecule is CCC(C(=O)NN)n1cc(Br)cn1. The highest BCUT2D eigenvalue weighted by Gasteiger charge is 2.17. The molecule has 1 aromatic rings. The first-order valence-corrected chi connectivity index (χ1v) is 4.68. The molecule has 0 bridgehead atoms. The highest BCUT2D eigenvalue weighted by Crippen LogP contribution is 2.14. The highest BCUT2D eigenvalue weighted by molar-refractivity contribution is 9.10. The molecule has 3 N–H and O–H groups in total. The molecule has 0 radical (unpaired) electrons. The molecule has 72 valence electrons. The van der Waals surface area contributed by atoms with E-state index in [1.165, 1.54) is 0 Å². The van der Waals surface area contributed by atoms with Gasteiger partial charge in [-0.15, -0.1) is 0 Å². The number of carbonyl (C=O) groups is 1. The van der Waals surface area contributed by atoms with E-state index in [-0.39, 0.29) is 11.9 Å². The molecule has 1 aromatic heterocycles. The maximum atomic E-state index is 11.2. The summed E-state index contributed by atoms with van der Waals surface area (Å²) in [6, 6.07) is -0.337. The van der Waals surface area contributed by atoms with Crippen molar-refractivity contribution in [2.24, 2.45) is 5.84 Å². The topological polar surface area (TPSA) is 72.9 Å². The van der Waals surface area contributed by atoms with Gasteiger partial charge in [0.1, 0.15) is 6.04 Å². The zero-order valence-corrected chi connectivity index (χ0v) is 8.78. The number of nitrogens with zero attached hydrogens (tertiary/aromatic N) is 2. The van der Waals surface area contributed by atoms with Crippen LogP contribution in [0.25, 0.3) is 0 Å². The Morgan fingerprint density at radius 3 is 3.00 bits per heavy atom. The van der Waals surface area contributed by atoms with E-state index in [0.29, 0.717) is 6.42 Å². The number of aromatic nitrogens is 2. The quantitative estimate of drug-likeness (QED) is 0.466. The maximum Gasteiger partial charge on any atom is 0.258 e. The molecule has 0 saturated heterocycles. The Morgan fingerprint density at radius 2 is 2.62 bits per heavy atom. The first kappa shape index (κ1) is 10.2. The van der Waals surface area contributed by atoms with Crippen molar-refractivity contribution in [2.45, 2.75) is 19.4 Å². The molecule has 6 heteroatoms. The average Bonchev–Trinajstić information content (AvgIpc) is 2.53. The van der Waals surface area contributed by atoms with Gasteiger partial charge >= 0.3 is 0 Å². The fourth-order valence-electron chi connectivity index (χ4n) is 1.07. The second kappa shape index (κ2) is 4.38. The molecular weight excluding hydrogens is 236 g/mol. The van der Waals surface area contributed by atoms with Crippen molar-refractivity contribution in [2.75, 3.05) is 0 Å². The summed E-state index contributed by atoms with van der Waals surface area (Å²) in [7, 11) is 0. The summed E-state index contributed by atoms with van der Waals surface area (Å²) in [5.41, 5.74) is 2.11. The van der Waals surface area contributed by atoms with Crippen molar-refractivity contribution in [3.05, 3.63) is 16.9 Å². The number of nitrogens with two attached hydrogens (primary N) is 1. The van der Waals surface area contributed by atoms with Gasteiger partial charge in [-0.1, -0.05) is 6.92 Å². The van der Waals surface area contributed by atoms with Crippen molar-refractivity contribution in [3.8, 4) is 0 Å². The molecule has 13 heavy (non-hydrogen) atoms. The van der Waals surface area contributed by atoms with E-state index in [1.54, 1.807) is 17.1 Å². The Hall–Kier alpha value is -0.880. The second-order valence-electron chi connectivity index (χ2n) is 2.57. The van der Waals surface area contributed by atoms with E-state index < -0.39 is 0 Å². The van der Waals surface area contributed by atoms with Crippen LogP contribution in [0.4, 0.5) is 0 Å². The van der Waals surface area contributed by atoms with Crippen LogP contribution in [0.15, 0.2) is 16.9 Å². The second-order valence-corrected chi connectivity index (χ2v) is 3.49. The van der Waals surface area contributed by atoms with Crippen LogP contribution in [-0.2, 0) is 4.79 Å². The molecule has 0 aromatic carbocycles. The standard InChI is InChI=1S/C7H11BrN4O/c1-2-6(7(13)11-9)12-4-5(8)3-10-12/h3-4,6H,2,9H2,1H3,(H,11,13). The Kier molecular flexibility index (Phi) is 3.44. The molecular formula is C7H11BrN4O. The van der Waals surface area contributed by atoms with Crippen LogP contribution in [0.5, 0.6) is 0 Å². The molecule has 0 aliphatic carbocycles. The van der Waals surface area contributed by atoms with E-state index in [2.05, 4.69) is 26.5 Å². The number of halogens is 1. The van der Waals surface area contributed by atoms with Gasteiger partial charge < -0.3 is 0 Å². The summed E-state index contributed by atoms with van der Waals surface area (Å²) < 4.78 is 2.42. The lowest BCUT2D eigenvalue weighted by atomic mass is 10.2. The smallest absolute Gasteiger partial charge is 0.258 e. The molecule has 1 heterocycles. The molecule has 0 aliphatic heterocycles. The van der Waals surface area contributed by atoms with Gasteiger partial charge in [0.2, 0.25) is 0 Å². The summed E-state index contributed by atoms with van der Waals surface area (Å²) in [5.74, 6) is 4.80. The van der Waals surface area contributed by atoms with Crippen LogP contribution >= 0.6 is 15.9 Å². The number of hydrogen-bond acceptors (Lipinski definition) is 3. The predicted octanol–water partition coefficient (Wildman–Crippen LogP) is 0.587. The Balaban J connectivity index is 2.84. The highest BCUT2D eigenvalue weighted by atomic mass is 79.9. The third kappa shape index (κ3) is 2.28. The van der Waals surface area contributed by atoms with Crippen LogP contribution in [0.3, 0.4) is 0 Å². The molecule has 1 atom stereocenters. The molecule has 1 amide bonds. The van der Waals surface area contributed by atoms with E-state index in [1.807, 2.05) is 6.92 Å². The zero-order chi connectivity index (χ0) is 9.84. The summed E-state index contributed by atoms with van der Waals surface area (Å²) in [6.07, 6.45) is 4.02. The van der Waals surface area contributed by atoms with Gasteiger partial charge in [-0.2, -0.15) is 5.10 Å². The van der Waals surface area contributed by atoms with E-state index in [9.17, 15) is 4.79 Å². The lowest BCUT2D eigenvalue weighted by Crippen LogP contribution is -2.37. The predicted molar refractivity (Wildman–Crippen MR) is 51.6 cm³/mol. The first-order chi connectivity index (χ1) is 6.19. The average molecular weight is 247 g/mol. The minimum atomic E-state index is -0.337. The molecule has 0 aliphatic rings. The van der Waals surface area contributed by atoms with Crippen LogP contribution in [-0.4, -0.2) is 15.7 Å². The van der Waals surface area contributed by atoms with Crippen molar-refractivity contribution >= 4 is 21.8 Å². The first-order valence-electron chi connectivity index (χ1n) is 3.89. The van der Waals surface area contributed by atoms with Gasteiger partial charge in [0.05, 0.1) is 10.7 Å². The van der Waals surface area contributed by atoms with Gasteiger partial charge in [-0.3, -0.25) is 14.9 Å². The van der Waals surface area contributed by atoms with Gasteiger partial charge in [0.15, 0.2) is 0 Å². The minimum absolute atomic E-state index is 0.238. The largest absolute Gasteiger partial charge is 0.292 e. The van der Waals surface area contributed by atoms with Crippen LogP contribution in [0, 0.1) is 0 Å². The van der Waals surface area contributed by atoms with Crippen LogP contribution < -0.4 is 11.3 Å². The fraction of sp³-hybridized carbons (Fsp3) is 0.429. The lowest BCUT2D eigenvalue weighted by molar-refractivity contribution is -0.124. The Labute approximate surface area is 84.4 Å². The number of amides is 1. The normalized spacial score (nSPS) is 12.5. The summed E-state index contributed by atoms with van der Waals surface area (Å²) >= 11 is 3.25. The number of hydrazine groups is 1. The number of hydrogen-bond donors (Lipinski definition) is 2. The van der Waals surface area contributed by atoms with E-state index in [0.717, 1.165) is 4.47 Å². The summed E-state index contributed by atoms with van der Waals surface area (Å²) in [4.78, 5) is 11.2. The van der Waals surface area contributed by atoms with Crippen LogP contribution in [0.2, 0.25) is 0 Å². The Bertz CT molecular complexity index is 298. The van der Waals surface area contributed by atoms with Gasteiger partial charge in [0, 0.05) is 6.20 Å². The number of rotatable bonds is 3. The minimum Gasteiger partial charge on any atom is -0.292 e. The van der Waals surface area contributed by atoms with Crippen LogP contribution in [0.1, 0.15) is 19.4 Å². The lowest BCUT2D eigenvalue weighted by Gasteiger charge is -2.12. The van der Waals surface area contributed by atoms with Crippen molar-refractivity contribution in [1.29, 1.82) is 0 Å². The zero-order valence-electron chi connectivity index (χ0n) is 7.20. The van der Waals surface area contributed by atoms with E-state index >= 15 is 0 Å². The molecule has 0 spiro atoms. The number of nitrogens with one attached hydrogen (secondary N) is 1. The monoisotopic (exact) mass is 246 g/mol. The van der Waals surface area contributed by atoms with Crippen molar-refractivity contribution < 1.29 is 4.79 Å². The molecule has 1 unspecified atom stereocenters. The van der Waals surface area contributed by atoms with E-state index in [4.69, 9.17) is 5.84 Å². The molecule has 5 nitrogen and oxygen atoms in total. The van der Waals surface area contributed by atoms with Gasteiger partial charge in [-0.05, 0) is 22.4 Å². The summed E-state index contributed by atoms with van der Waals surface area (Å²) in [5, 5.41) is 4.01. The van der Waals surface area contributed by atoms with Gasteiger partial charge in [-0.25, -0.2) is 5.84 Å². The summed E-state index contributed by atoms with van der Waals surface area (Å²) in [6.45, 7) is 1.90. The third-order valence-corrected chi connectivity index (χ3v) is 2.13. The molecule has 0 saturated carbocycles. The third-order valence-electron chi connectivity index (χ3n) is 1.72. The van der Waals surface area contributed by atoms with Crippen molar-refractivity contribution in [3.63, 3.8) is 0 Å². The maximum absolute atomic E-state index is 11.2.